The Kier molecular flexibility index (Phi) is 11.2. The Labute approximate surface area is 268 Å². The van der Waals surface area contributed by atoms with Crippen molar-refractivity contribution in [3.63, 3.8) is 0 Å². The first-order chi connectivity index (χ1) is 21.3. The van der Waals surface area contributed by atoms with Crippen LogP contribution in [0, 0.1) is 30.1 Å². The molecule has 1 heterocycles. The number of fused-ring (bicyclic) bond motifs is 5. The smallest absolute Gasteiger partial charge is 0.306 e. The molecule has 6 atom stereocenters. The average molecular weight is 621 g/mol. The van der Waals surface area contributed by atoms with E-state index in [1.165, 1.54) is 54.6 Å². The summed E-state index contributed by atoms with van der Waals surface area (Å²) in [5.41, 5.74) is 2.59. The minimum absolute atomic E-state index is 0.0130. The number of thiazole rings is 1. The third-order valence-electron chi connectivity index (χ3n) is 10.9. The quantitative estimate of drug-likeness (QED) is 0.118. The average Bonchev–Trinajstić information content (AvgIpc) is 3.53. The van der Waals surface area contributed by atoms with Crippen molar-refractivity contribution in [2.24, 2.45) is 23.2 Å². The van der Waals surface area contributed by atoms with Gasteiger partial charge in [0.25, 0.3) is 0 Å². The minimum atomic E-state index is -0.0956. The topological polar surface area (TPSA) is 88.5 Å². The van der Waals surface area contributed by atoms with Crippen molar-refractivity contribution in [1.82, 2.24) is 4.98 Å². The van der Waals surface area contributed by atoms with Crippen LogP contribution in [0.25, 0.3) is 0 Å². The van der Waals surface area contributed by atoms with Crippen molar-refractivity contribution in [3.05, 3.63) is 53.1 Å². The first kappa shape index (κ1) is 32.7. The lowest BCUT2D eigenvalue weighted by Gasteiger charge is -2.51. The van der Waals surface area contributed by atoms with Gasteiger partial charge in [-0.1, -0.05) is 51.2 Å². The van der Waals surface area contributed by atoms with Crippen LogP contribution in [0.3, 0.4) is 0 Å². The number of aryl methyl sites for hydroxylation is 2. The summed E-state index contributed by atoms with van der Waals surface area (Å²) in [5.74, 6) is 1.99. The summed E-state index contributed by atoms with van der Waals surface area (Å²) < 4.78 is 6.37. The Morgan fingerprint density at radius 2 is 1.91 bits per heavy atom. The number of esters is 1. The van der Waals surface area contributed by atoms with Gasteiger partial charge in [-0.25, -0.2) is 4.98 Å². The van der Waals surface area contributed by atoms with Crippen LogP contribution in [0.2, 0.25) is 0 Å². The Morgan fingerprint density at radius 3 is 2.66 bits per heavy atom. The molecule has 2 fully saturated rings. The third-order valence-corrected chi connectivity index (χ3v) is 11.8. The highest BCUT2D eigenvalue weighted by Gasteiger charge is 2.59. The minimum Gasteiger partial charge on any atom is -0.508 e. The number of anilines is 1. The molecule has 6 unspecified atom stereocenters. The molecule has 0 spiro atoms. The summed E-state index contributed by atoms with van der Waals surface area (Å²) >= 11 is 1.50. The highest BCUT2D eigenvalue weighted by Crippen LogP contribution is 2.64. The van der Waals surface area contributed by atoms with E-state index in [0.29, 0.717) is 47.4 Å². The number of hydrogen-bond acceptors (Lipinski definition) is 6. The zero-order chi connectivity index (χ0) is 31.1. The predicted molar refractivity (Wildman–Crippen MR) is 178 cm³/mol. The van der Waals surface area contributed by atoms with Crippen LogP contribution in [0.1, 0.15) is 125 Å². The molecule has 1 aromatic carbocycles. The molecular weight excluding hydrogens is 568 g/mol. The van der Waals surface area contributed by atoms with Crippen molar-refractivity contribution >= 4 is 28.3 Å². The Morgan fingerprint density at radius 1 is 1.14 bits per heavy atom. The van der Waals surface area contributed by atoms with Crippen LogP contribution in [0.4, 0.5) is 5.13 Å². The van der Waals surface area contributed by atoms with Crippen molar-refractivity contribution < 1.29 is 19.4 Å². The molecule has 2 N–H and O–H groups in total. The van der Waals surface area contributed by atoms with E-state index in [1.54, 1.807) is 6.20 Å². The lowest BCUT2D eigenvalue weighted by molar-refractivity contribution is -0.157. The van der Waals surface area contributed by atoms with Gasteiger partial charge in [-0.2, -0.15) is 0 Å². The van der Waals surface area contributed by atoms with Gasteiger partial charge in [0.05, 0.1) is 0 Å². The standard InChI is InChI=1S/C37H52N2O4S/c1-4-5-6-7-8-9-10-11-12-13-34(42)43-32-23-27(15-19-33(41)39-36-38-24-25(2)44-36)35-31-17-14-26-22-28(40)16-18-29(26)30(31)20-21-37(32,35)3/h4,16,18,22,24,27,30-32,35,40H,1,5-15,17,19-21,23H2,2-3H3,(H,38,39,41). The van der Waals surface area contributed by atoms with E-state index in [2.05, 4.69) is 29.9 Å². The second-order valence-electron chi connectivity index (χ2n) is 13.9. The number of unbranched alkanes of at least 4 members (excludes halogenated alkanes) is 7. The van der Waals surface area contributed by atoms with Gasteiger partial charge in [0.15, 0.2) is 5.13 Å². The fourth-order valence-electron chi connectivity index (χ4n) is 8.85. The monoisotopic (exact) mass is 620 g/mol. The fraction of sp³-hybridized carbons (Fsp3) is 0.649. The summed E-state index contributed by atoms with van der Waals surface area (Å²) in [5, 5.41) is 13.8. The summed E-state index contributed by atoms with van der Waals surface area (Å²) in [6.07, 6.45) is 19.6. The van der Waals surface area contributed by atoms with Crippen LogP contribution >= 0.6 is 11.3 Å². The molecule has 3 aliphatic carbocycles. The van der Waals surface area contributed by atoms with Crippen LogP contribution < -0.4 is 5.32 Å². The number of amides is 1. The number of phenols is 1. The Balaban J connectivity index is 1.21. The van der Waals surface area contributed by atoms with Gasteiger partial charge in [-0.05, 0) is 112 Å². The number of nitrogens with zero attached hydrogens (tertiary/aromatic N) is 1. The molecule has 1 amide bonds. The van der Waals surface area contributed by atoms with Crippen molar-refractivity contribution in [2.45, 2.75) is 129 Å². The predicted octanol–water partition coefficient (Wildman–Crippen LogP) is 9.27. The molecule has 2 aromatic rings. The number of hydrogen-bond donors (Lipinski definition) is 2. The zero-order valence-corrected chi connectivity index (χ0v) is 27.6. The second-order valence-corrected chi connectivity index (χ2v) is 15.1. The van der Waals surface area contributed by atoms with E-state index < -0.39 is 0 Å². The van der Waals surface area contributed by atoms with Gasteiger partial charge < -0.3 is 15.2 Å². The number of aromatic nitrogens is 1. The SMILES string of the molecule is C=CCCCCCCCCCC(=O)OC1CC(CCC(=O)Nc2ncc(C)s2)C2C3CCc4cc(O)ccc4C3CCC12C. The van der Waals surface area contributed by atoms with E-state index in [9.17, 15) is 14.7 Å². The lowest BCUT2D eigenvalue weighted by atomic mass is 9.53. The zero-order valence-electron chi connectivity index (χ0n) is 26.8. The van der Waals surface area contributed by atoms with Crippen LogP contribution in [-0.2, 0) is 20.7 Å². The molecule has 1 aromatic heterocycles. The summed E-state index contributed by atoms with van der Waals surface area (Å²) in [7, 11) is 0. The number of rotatable bonds is 15. The molecular formula is C37H52N2O4S. The van der Waals surface area contributed by atoms with Crippen LogP contribution in [0.5, 0.6) is 5.75 Å². The third kappa shape index (κ3) is 7.75. The maximum Gasteiger partial charge on any atom is 0.306 e. The molecule has 240 valence electrons. The van der Waals surface area contributed by atoms with E-state index >= 15 is 0 Å². The Hall–Kier alpha value is -2.67. The first-order valence-electron chi connectivity index (χ1n) is 17.1. The maximum absolute atomic E-state index is 13.2. The molecule has 0 bridgehead atoms. The molecule has 0 saturated heterocycles. The number of phenolic OH excluding ortho intramolecular Hbond substituents is 1. The van der Waals surface area contributed by atoms with Crippen molar-refractivity contribution in [3.8, 4) is 5.75 Å². The number of allylic oxidation sites excluding steroid dienone is 1. The van der Waals surface area contributed by atoms with Gasteiger partial charge in [0.2, 0.25) is 5.91 Å². The lowest BCUT2D eigenvalue weighted by Crippen LogP contribution is -2.46. The summed E-state index contributed by atoms with van der Waals surface area (Å²) in [4.78, 5) is 31.5. The van der Waals surface area contributed by atoms with E-state index in [0.717, 1.165) is 62.7 Å². The van der Waals surface area contributed by atoms with E-state index in [1.807, 2.05) is 25.1 Å². The molecule has 0 radical (unpaired) electrons. The van der Waals surface area contributed by atoms with Gasteiger partial charge in [-0.3, -0.25) is 9.59 Å². The van der Waals surface area contributed by atoms with Crippen molar-refractivity contribution in [1.29, 1.82) is 0 Å². The normalized spacial score (nSPS) is 27.2. The highest BCUT2D eigenvalue weighted by atomic mass is 32.1. The molecule has 5 rings (SSSR count). The molecule has 3 aliphatic rings. The Bertz CT molecular complexity index is 1290. The van der Waals surface area contributed by atoms with Crippen molar-refractivity contribution in [2.75, 3.05) is 5.32 Å². The summed E-state index contributed by atoms with van der Waals surface area (Å²) in [6, 6.07) is 5.92. The van der Waals surface area contributed by atoms with E-state index in [4.69, 9.17) is 4.74 Å². The number of carbonyl (C=O) groups is 2. The maximum atomic E-state index is 13.2. The van der Waals surface area contributed by atoms with Gasteiger partial charge >= 0.3 is 5.97 Å². The molecule has 2 saturated carbocycles. The molecule has 7 heteroatoms. The largest absolute Gasteiger partial charge is 0.508 e. The first-order valence-corrected chi connectivity index (χ1v) is 17.9. The number of aromatic hydroxyl groups is 1. The highest BCUT2D eigenvalue weighted by molar-refractivity contribution is 7.15. The van der Waals surface area contributed by atoms with Crippen LogP contribution in [0.15, 0.2) is 37.1 Å². The number of benzene rings is 1. The van der Waals surface area contributed by atoms with Gasteiger partial charge in [-0.15, -0.1) is 17.9 Å². The van der Waals surface area contributed by atoms with Gasteiger partial charge in [0, 0.05) is 29.3 Å². The number of nitrogens with one attached hydrogen (secondary N) is 1. The molecule has 44 heavy (non-hydrogen) atoms. The number of ether oxygens (including phenoxy) is 1. The van der Waals surface area contributed by atoms with E-state index in [-0.39, 0.29) is 23.4 Å². The van der Waals surface area contributed by atoms with Crippen LogP contribution in [-0.4, -0.2) is 28.1 Å². The second kappa shape index (κ2) is 15.1. The molecule has 0 aliphatic heterocycles. The fourth-order valence-corrected chi connectivity index (χ4v) is 9.53. The summed E-state index contributed by atoms with van der Waals surface area (Å²) in [6.45, 7) is 8.15. The molecule has 6 nitrogen and oxygen atoms in total. The van der Waals surface area contributed by atoms with Gasteiger partial charge in [0.1, 0.15) is 11.9 Å². The number of carbonyl (C=O) groups excluding carboxylic acids is 2.